The Morgan fingerprint density at radius 1 is 0.800 bits per heavy atom. The van der Waals surface area contributed by atoms with Crippen molar-refractivity contribution >= 4 is 0 Å². The van der Waals surface area contributed by atoms with E-state index in [1.807, 2.05) is 28.2 Å². The third-order valence-corrected chi connectivity index (χ3v) is 1.62. The van der Waals surface area contributed by atoms with E-state index < -0.39 is 0 Å². The lowest BCUT2D eigenvalue weighted by atomic mass is 10.5. The van der Waals surface area contributed by atoms with Crippen LogP contribution in [-0.2, 0) is 4.74 Å². The van der Waals surface area contributed by atoms with Crippen molar-refractivity contribution in [1.82, 2.24) is 0 Å². The molecule has 96 valence electrons. The molecular weight excluding hydrogens is 239 g/mol. The first-order valence-corrected chi connectivity index (χ1v) is 4.52. The molecule has 0 bridgehead atoms. The van der Waals surface area contributed by atoms with E-state index in [0.29, 0.717) is 22.4 Å². The normalized spacial score (nSPS) is 11.6. The number of halogens is 2. The maximum atomic E-state index is 5.73. The van der Waals surface area contributed by atoms with Gasteiger partial charge in [0.25, 0.3) is 0 Å². The quantitative estimate of drug-likeness (QED) is 0.217. The van der Waals surface area contributed by atoms with Gasteiger partial charge in [0.1, 0.15) is 13.1 Å². The maximum absolute atomic E-state index is 5.73. The second-order valence-electron chi connectivity index (χ2n) is 4.62. The fourth-order valence-electron chi connectivity index (χ4n) is 0.702. The van der Waals surface area contributed by atoms with Gasteiger partial charge < -0.3 is 29.6 Å². The molecule has 0 rings (SSSR count). The van der Waals surface area contributed by atoms with Gasteiger partial charge in [0, 0.05) is 0 Å². The van der Waals surface area contributed by atoms with E-state index >= 15 is 0 Å². The van der Waals surface area contributed by atoms with Crippen LogP contribution in [0, 0.1) is 0 Å². The van der Waals surface area contributed by atoms with E-state index in [0.717, 1.165) is 13.1 Å². The van der Waals surface area contributed by atoms with E-state index in [4.69, 9.17) is 16.4 Å². The molecule has 0 aliphatic rings. The molecule has 0 aliphatic carbocycles. The van der Waals surface area contributed by atoms with E-state index in [1.54, 1.807) is 0 Å². The van der Waals surface area contributed by atoms with Crippen LogP contribution in [0.15, 0.2) is 0 Å². The summed E-state index contributed by atoms with van der Waals surface area (Å²) in [5.74, 6) is 11.5. The van der Waals surface area contributed by atoms with E-state index in [2.05, 4.69) is 0 Å². The molecule has 15 heavy (non-hydrogen) atoms. The Balaban J connectivity index is -0.000000720. The maximum Gasteiger partial charge on any atom is 0.119 e. The van der Waals surface area contributed by atoms with Crippen molar-refractivity contribution < 1.29 is 38.7 Å². The molecule has 0 saturated carbocycles. The summed E-state index contributed by atoms with van der Waals surface area (Å²) in [4.78, 5) is 0. The second-order valence-corrected chi connectivity index (χ2v) is 4.62. The zero-order valence-corrected chi connectivity index (χ0v) is 11.6. The van der Waals surface area contributed by atoms with Gasteiger partial charge in [-0.05, 0) is 0 Å². The summed E-state index contributed by atoms with van der Waals surface area (Å²) >= 11 is 0. The first kappa shape index (κ1) is 20.8. The lowest BCUT2D eigenvalue weighted by Gasteiger charge is -2.24. The van der Waals surface area contributed by atoms with E-state index in [9.17, 15) is 0 Å². The first-order chi connectivity index (χ1) is 5.71. The number of ether oxygens (including phenoxy) is 1. The molecule has 0 aromatic heterocycles. The largest absolute Gasteiger partial charge is 1.00 e. The van der Waals surface area contributed by atoms with Gasteiger partial charge in [0.05, 0.1) is 41.4 Å². The van der Waals surface area contributed by atoms with Gasteiger partial charge in [0.15, 0.2) is 0 Å². The average Bonchev–Trinajstić information content (AvgIpc) is 1.81. The summed E-state index contributed by atoms with van der Waals surface area (Å²) in [5, 5.41) is 0. The van der Waals surface area contributed by atoms with Crippen LogP contribution >= 0.6 is 0 Å². The van der Waals surface area contributed by atoms with Crippen molar-refractivity contribution in [2.24, 2.45) is 11.7 Å². The zero-order valence-electron chi connectivity index (χ0n) is 10.0. The zero-order chi connectivity index (χ0) is 10.5. The highest BCUT2D eigenvalue weighted by Gasteiger charge is 2.10. The van der Waals surface area contributed by atoms with Crippen LogP contribution in [0.4, 0.5) is 0 Å². The van der Waals surface area contributed by atoms with Crippen LogP contribution in [0.25, 0.3) is 0 Å². The number of rotatable bonds is 6. The van der Waals surface area contributed by atoms with Crippen LogP contribution in [0.1, 0.15) is 0 Å². The molecule has 0 spiro atoms. The fourth-order valence-corrected chi connectivity index (χ4v) is 0.702. The lowest BCUT2D eigenvalue weighted by molar-refractivity contribution is -0.906. The van der Waals surface area contributed by atoms with Crippen LogP contribution in [0.5, 0.6) is 0 Å². The Bertz CT molecular complexity index is 129. The molecule has 0 aliphatic heterocycles. The van der Waals surface area contributed by atoms with Crippen LogP contribution in [-0.4, -0.2) is 63.7 Å². The molecule has 0 radical (unpaired) electrons. The Labute approximate surface area is 105 Å². The molecule has 4 N–H and O–H groups in total. The Hall–Kier alpha value is 0.380. The van der Waals surface area contributed by atoms with Gasteiger partial charge in [-0.25, -0.2) is 0 Å². The Kier molecular flexibility index (Phi) is 11.8. The van der Waals surface area contributed by atoms with Gasteiger partial charge in [-0.15, -0.1) is 0 Å². The summed E-state index contributed by atoms with van der Waals surface area (Å²) in [7, 11) is 7.75. The van der Waals surface area contributed by atoms with Crippen LogP contribution in [0.3, 0.4) is 0 Å². The smallest absolute Gasteiger partial charge is 0.119 e. The third kappa shape index (κ3) is 20.5. The molecule has 0 amide bonds. The number of quaternary nitrogens is 2. The van der Waals surface area contributed by atoms with Gasteiger partial charge in [-0.2, -0.15) is 11.7 Å². The molecule has 7 heteroatoms. The van der Waals surface area contributed by atoms with Crippen molar-refractivity contribution in [3.05, 3.63) is 0 Å². The minimum Gasteiger partial charge on any atom is -1.00 e. The lowest BCUT2D eigenvalue weighted by Crippen LogP contribution is -3.00. The van der Waals surface area contributed by atoms with Crippen molar-refractivity contribution in [2.75, 3.05) is 54.5 Å². The average molecular weight is 263 g/mol. The summed E-state index contributed by atoms with van der Waals surface area (Å²) in [6.45, 7) is 3.00. The predicted octanol–water partition coefficient (Wildman–Crippen LogP) is -7.09. The number of hydrogen-bond acceptors (Lipinski definition) is 3. The van der Waals surface area contributed by atoms with Gasteiger partial charge in [0.2, 0.25) is 0 Å². The minimum absolute atomic E-state index is 0. The van der Waals surface area contributed by atoms with Gasteiger partial charge in [-0.1, -0.05) is 0 Å². The molecule has 0 saturated heterocycles. The summed E-state index contributed by atoms with van der Waals surface area (Å²) < 4.78 is 6.29. The van der Waals surface area contributed by atoms with E-state index in [1.165, 1.54) is 0 Å². The molecular formula is C8H24Cl2N4O. The van der Waals surface area contributed by atoms with Crippen molar-refractivity contribution in [3.63, 3.8) is 0 Å². The predicted molar refractivity (Wildman–Crippen MR) is 53.1 cm³/mol. The van der Waals surface area contributed by atoms with Crippen molar-refractivity contribution in [1.29, 1.82) is 0 Å². The highest BCUT2D eigenvalue weighted by atomic mass is 35.5. The second kappa shape index (κ2) is 8.52. The number of likely N-dealkylation sites (N-methyl/N-ethyl adjacent to an activating group) is 2. The Morgan fingerprint density at radius 3 is 1.27 bits per heavy atom. The molecule has 5 nitrogen and oxygen atoms in total. The molecule has 0 aromatic rings. The van der Waals surface area contributed by atoms with Crippen LogP contribution in [0.2, 0.25) is 0 Å². The standard InChI is InChI=1S/C8H24N4O.2ClH/c1-11(2,9)5-7-13-8-6-12(3,4)10;;/h5-10H2,1-4H3;2*1H/q+2;;/p-2. The number of nitrogens with two attached hydrogens (primary N) is 2. The van der Waals surface area contributed by atoms with Gasteiger partial charge >= 0.3 is 0 Å². The summed E-state index contributed by atoms with van der Waals surface area (Å²) in [5.41, 5.74) is 0. The minimum atomic E-state index is 0. The van der Waals surface area contributed by atoms with Crippen molar-refractivity contribution in [2.45, 2.75) is 0 Å². The number of nitrogens with zero attached hydrogens (tertiary/aromatic N) is 2. The molecule has 0 fully saturated rings. The first-order valence-electron chi connectivity index (χ1n) is 4.52. The SMILES string of the molecule is C[N+](C)(N)CCOCC[N+](C)(C)N.[Cl-].[Cl-]. The van der Waals surface area contributed by atoms with Gasteiger partial charge in [-0.3, -0.25) is 9.18 Å². The third-order valence-electron chi connectivity index (χ3n) is 1.62. The fraction of sp³-hybridized carbons (Fsp3) is 1.00. The number of hydrogen-bond donors (Lipinski definition) is 2. The topological polar surface area (TPSA) is 61.3 Å². The monoisotopic (exact) mass is 262 g/mol. The summed E-state index contributed by atoms with van der Waals surface area (Å²) in [6, 6.07) is 0. The highest BCUT2D eigenvalue weighted by molar-refractivity contribution is 4.30. The van der Waals surface area contributed by atoms with E-state index in [-0.39, 0.29) is 24.8 Å². The summed E-state index contributed by atoms with van der Waals surface area (Å²) in [6.07, 6.45) is 0. The van der Waals surface area contributed by atoms with Crippen LogP contribution < -0.4 is 36.5 Å². The molecule has 0 unspecified atom stereocenters. The highest BCUT2D eigenvalue weighted by Crippen LogP contribution is 1.88. The van der Waals surface area contributed by atoms with Crippen molar-refractivity contribution in [3.8, 4) is 0 Å². The molecule has 0 atom stereocenters. The molecule has 0 heterocycles. The Morgan fingerprint density at radius 2 is 1.07 bits per heavy atom. The molecule has 0 aromatic carbocycles.